The van der Waals surface area contributed by atoms with Crippen molar-refractivity contribution in [2.24, 2.45) is 9.98 Å². The van der Waals surface area contributed by atoms with Crippen molar-refractivity contribution >= 4 is 23.8 Å². The van der Waals surface area contributed by atoms with Crippen molar-refractivity contribution in [2.45, 2.75) is 12.3 Å². The van der Waals surface area contributed by atoms with Crippen LogP contribution in [0.15, 0.2) is 58.5 Å². The molecular weight excluding hydrogens is 366 g/mol. The highest BCUT2D eigenvalue weighted by Gasteiger charge is 2.14. The molecule has 0 aliphatic carbocycles. The van der Waals surface area contributed by atoms with Gasteiger partial charge in [-0.3, -0.25) is 9.79 Å². The van der Waals surface area contributed by atoms with Gasteiger partial charge in [0.15, 0.2) is 0 Å². The summed E-state index contributed by atoms with van der Waals surface area (Å²) in [4.78, 5) is 20.7. The maximum atomic E-state index is 12.2. The summed E-state index contributed by atoms with van der Waals surface area (Å²) >= 11 is 0. The summed E-state index contributed by atoms with van der Waals surface area (Å²) in [6.07, 6.45) is -0.772. The molecule has 1 atom stereocenters. The number of hydrogen-bond donors (Lipinski definition) is 2. The zero-order chi connectivity index (χ0) is 19.9. The molecule has 0 radical (unpaired) electrons. The Morgan fingerprint density at radius 2 is 2.04 bits per heavy atom. The Morgan fingerprint density at radius 3 is 2.68 bits per heavy atom. The van der Waals surface area contributed by atoms with E-state index in [9.17, 15) is 13.6 Å². The van der Waals surface area contributed by atoms with E-state index in [1.54, 1.807) is 31.4 Å². The minimum atomic E-state index is -2.59. The highest BCUT2D eigenvalue weighted by molar-refractivity contribution is 6.02. The lowest BCUT2D eigenvalue weighted by molar-refractivity contribution is 0.0892. The van der Waals surface area contributed by atoms with Crippen LogP contribution in [0.2, 0.25) is 0 Å². The summed E-state index contributed by atoms with van der Waals surface area (Å²) < 4.78 is 29.6. The summed E-state index contributed by atoms with van der Waals surface area (Å²) in [5, 5.41) is 5.21. The summed E-state index contributed by atoms with van der Waals surface area (Å²) in [5.74, 6) is 0.732. The predicted octanol–water partition coefficient (Wildman–Crippen LogP) is 3.33. The molecular formula is C20H20F2N4O2. The van der Waals surface area contributed by atoms with Crippen molar-refractivity contribution in [3.63, 3.8) is 0 Å². The van der Waals surface area contributed by atoms with Crippen LogP contribution in [-0.2, 0) is 0 Å². The molecule has 1 aliphatic rings. The first-order valence-corrected chi connectivity index (χ1v) is 8.71. The number of guanidine groups is 1. The number of rotatable bonds is 6. The second kappa shape index (κ2) is 9.07. The average Bonchev–Trinajstić information content (AvgIpc) is 2.73. The molecule has 0 saturated heterocycles. The second-order valence-electron chi connectivity index (χ2n) is 6.13. The normalized spacial score (nSPS) is 15.9. The molecule has 3 rings (SSSR count). The van der Waals surface area contributed by atoms with E-state index in [1.165, 1.54) is 0 Å². The van der Waals surface area contributed by atoms with Gasteiger partial charge < -0.3 is 15.4 Å². The first kappa shape index (κ1) is 19.5. The molecule has 28 heavy (non-hydrogen) atoms. The maximum absolute atomic E-state index is 12.2. The molecule has 146 valence electrons. The van der Waals surface area contributed by atoms with E-state index in [4.69, 9.17) is 4.74 Å². The number of ether oxygens (including phenoxy) is 1. The third-order valence-electron chi connectivity index (χ3n) is 4.16. The number of carbonyl (C=O) groups excluding carboxylic acids is 1. The van der Waals surface area contributed by atoms with E-state index in [1.807, 2.05) is 30.5 Å². The van der Waals surface area contributed by atoms with Crippen molar-refractivity contribution in [1.82, 2.24) is 5.32 Å². The lowest BCUT2D eigenvalue weighted by atomic mass is 10.00. The SMILES string of the molecule is COc1ccc(C2C=NC(Nc3cccc(C(=O)NCC(F)F)c3)=NC2)cc1. The van der Waals surface area contributed by atoms with Gasteiger partial charge in [0.25, 0.3) is 12.3 Å². The molecule has 0 fully saturated rings. The second-order valence-corrected chi connectivity index (χ2v) is 6.13. The van der Waals surface area contributed by atoms with E-state index in [0.717, 1.165) is 11.3 Å². The lowest BCUT2D eigenvalue weighted by Gasteiger charge is -2.16. The number of aliphatic imine (C=N–C) groups is 2. The number of nitrogens with one attached hydrogen (secondary N) is 2. The van der Waals surface area contributed by atoms with E-state index in [2.05, 4.69) is 20.6 Å². The highest BCUT2D eigenvalue weighted by atomic mass is 19.3. The summed E-state index contributed by atoms with van der Waals surface area (Å²) in [5.41, 5.74) is 1.97. The number of carbonyl (C=O) groups is 1. The molecule has 8 heteroatoms. The van der Waals surface area contributed by atoms with Crippen LogP contribution in [-0.4, -0.2) is 44.7 Å². The smallest absolute Gasteiger partial charge is 0.255 e. The average molecular weight is 386 g/mol. The number of alkyl halides is 2. The zero-order valence-electron chi connectivity index (χ0n) is 15.2. The van der Waals surface area contributed by atoms with Gasteiger partial charge in [0.1, 0.15) is 5.75 Å². The largest absolute Gasteiger partial charge is 0.497 e. The van der Waals surface area contributed by atoms with E-state index >= 15 is 0 Å². The molecule has 0 spiro atoms. The van der Waals surface area contributed by atoms with E-state index in [0.29, 0.717) is 18.2 Å². The molecule has 2 aromatic carbocycles. The van der Waals surface area contributed by atoms with Crippen LogP contribution in [0.25, 0.3) is 0 Å². The Labute approximate surface area is 161 Å². The Bertz CT molecular complexity index is 882. The monoisotopic (exact) mass is 386 g/mol. The molecule has 6 nitrogen and oxygen atoms in total. The first-order chi connectivity index (χ1) is 13.5. The van der Waals surface area contributed by atoms with Crippen LogP contribution in [0, 0.1) is 0 Å². The van der Waals surface area contributed by atoms with Crippen molar-refractivity contribution < 1.29 is 18.3 Å². The number of anilines is 1. The minimum Gasteiger partial charge on any atom is -0.497 e. The Hall–Kier alpha value is -3.29. The van der Waals surface area contributed by atoms with Gasteiger partial charge in [-0.05, 0) is 35.9 Å². The van der Waals surface area contributed by atoms with Gasteiger partial charge in [-0.25, -0.2) is 13.8 Å². The van der Waals surface area contributed by atoms with Gasteiger partial charge in [-0.2, -0.15) is 0 Å². The van der Waals surface area contributed by atoms with Crippen LogP contribution in [0.1, 0.15) is 21.8 Å². The molecule has 2 aromatic rings. The van der Waals surface area contributed by atoms with Gasteiger partial charge in [0.05, 0.1) is 20.2 Å². The van der Waals surface area contributed by atoms with Crippen LogP contribution in [0.4, 0.5) is 14.5 Å². The minimum absolute atomic E-state index is 0.0721. The fraction of sp³-hybridized carbons (Fsp3) is 0.250. The fourth-order valence-electron chi connectivity index (χ4n) is 2.69. The Morgan fingerprint density at radius 1 is 1.25 bits per heavy atom. The number of halogens is 2. The maximum Gasteiger partial charge on any atom is 0.255 e. The van der Waals surface area contributed by atoms with Gasteiger partial charge in [0, 0.05) is 23.4 Å². The number of methoxy groups -OCH3 is 1. The third-order valence-corrected chi connectivity index (χ3v) is 4.16. The molecule has 2 N–H and O–H groups in total. The van der Waals surface area contributed by atoms with Gasteiger partial charge >= 0.3 is 0 Å². The van der Waals surface area contributed by atoms with Crippen LogP contribution >= 0.6 is 0 Å². The number of benzene rings is 2. The summed E-state index contributed by atoms with van der Waals surface area (Å²) in [6.45, 7) is -0.146. The van der Waals surface area contributed by atoms with Gasteiger partial charge in [-0.15, -0.1) is 0 Å². The number of amides is 1. The Balaban J connectivity index is 1.60. The van der Waals surface area contributed by atoms with Crippen LogP contribution in [0.3, 0.4) is 0 Å². The standard InChI is InChI=1S/C20H20F2N4O2/c1-28-17-7-5-13(6-8-17)15-10-24-20(25-11-15)26-16-4-2-3-14(9-16)19(27)23-12-18(21)22/h2-10,15,18H,11-12H2,1H3,(H,23,27)(H,25,26). The summed E-state index contributed by atoms with van der Waals surface area (Å²) in [6, 6.07) is 14.3. The van der Waals surface area contributed by atoms with Gasteiger partial charge in [0.2, 0.25) is 5.96 Å². The van der Waals surface area contributed by atoms with Crippen LogP contribution in [0.5, 0.6) is 5.75 Å². The number of hydrogen-bond acceptors (Lipinski definition) is 5. The molecule has 0 bridgehead atoms. The van der Waals surface area contributed by atoms with Crippen LogP contribution < -0.4 is 15.4 Å². The van der Waals surface area contributed by atoms with Gasteiger partial charge in [-0.1, -0.05) is 18.2 Å². The molecule has 0 saturated carbocycles. The van der Waals surface area contributed by atoms with Crippen molar-refractivity contribution in [1.29, 1.82) is 0 Å². The van der Waals surface area contributed by atoms with Crippen molar-refractivity contribution in [2.75, 3.05) is 25.5 Å². The van der Waals surface area contributed by atoms with E-state index < -0.39 is 18.9 Å². The van der Waals surface area contributed by atoms with Crippen molar-refractivity contribution in [3.8, 4) is 5.75 Å². The fourth-order valence-corrected chi connectivity index (χ4v) is 2.69. The topological polar surface area (TPSA) is 75.1 Å². The first-order valence-electron chi connectivity index (χ1n) is 8.71. The van der Waals surface area contributed by atoms with E-state index in [-0.39, 0.29) is 11.5 Å². The Kier molecular flexibility index (Phi) is 6.31. The molecule has 1 amide bonds. The highest BCUT2D eigenvalue weighted by Crippen LogP contribution is 2.21. The van der Waals surface area contributed by atoms with Crippen molar-refractivity contribution in [3.05, 3.63) is 59.7 Å². The third kappa shape index (κ3) is 5.12. The zero-order valence-corrected chi connectivity index (χ0v) is 15.2. The molecule has 1 aliphatic heterocycles. The molecule has 1 heterocycles. The molecule has 0 aromatic heterocycles. The molecule has 1 unspecified atom stereocenters. The predicted molar refractivity (Wildman–Crippen MR) is 105 cm³/mol. The lowest BCUT2D eigenvalue weighted by Crippen LogP contribution is -2.28. The quantitative estimate of drug-likeness (QED) is 0.800. The number of nitrogens with zero attached hydrogens (tertiary/aromatic N) is 2. The summed E-state index contributed by atoms with van der Waals surface area (Å²) in [7, 11) is 1.62.